The van der Waals surface area contributed by atoms with E-state index in [1.165, 1.54) is 17.8 Å². The van der Waals surface area contributed by atoms with Gasteiger partial charge in [-0.3, -0.25) is 0 Å². The fourth-order valence-corrected chi connectivity index (χ4v) is 2.34. The molecule has 1 aromatic heterocycles. The van der Waals surface area contributed by atoms with Crippen molar-refractivity contribution in [2.24, 2.45) is 5.73 Å². The Hall–Kier alpha value is -2.23. The van der Waals surface area contributed by atoms with Crippen molar-refractivity contribution in [3.8, 4) is 11.8 Å². The molecule has 0 fully saturated rings. The minimum absolute atomic E-state index is 0.367. The van der Waals surface area contributed by atoms with Crippen LogP contribution in [0.5, 0.6) is 0 Å². The average Bonchev–Trinajstić information content (AvgIpc) is 2.43. The molecule has 6 N–H and O–H groups in total. The van der Waals surface area contributed by atoms with E-state index in [1.54, 1.807) is 0 Å². The van der Waals surface area contributed by atoms with E-state index in [9.17, 15) is 0 Å². The first kappa shape index (κ1) is 14.2. The van der Waals surface area contributed by atoms with Crippen LogP contribution in [-0.2, 0) is 5.75 Å². The van der Waals surface area contributed by atoms with Crippen molar-refractivity contribution in [1.29, 1.82) is 0 Å². The van der Waals surface area contributed by atoms with Crippen LogP contribution in [0.25, 0.3) is 0 Å². The van der Waals surface area contributed by atoms with Gasteiger partial charge in [-0.25, -0.2) is 9.97 Å². The quantitative estimate of drug-likeness (QED) is 0.445. The smallest absolute Gasteiger partial charge is 0.191 e. The summed E-state index contributed by atoms with van der Waals surface area (Å²) in [6, 6.07) is 9.50. The number of nitrogen functional groups attached to an aromatic ring is 2. The topological polar surface area (TPSA) is 104 Å². The maximum Gasteiger partial charge on any atom is 0.191 e. The molecule has 0 radical (unpaired) electrons. The first-order valence-electron chi connectivity index (χ1n) is 5.98. The van der Waals surface area contributed by atoms with Gasteiger partial charge in [0.15, 0.2) is 5.16 Å². The molecule has 0 bridgehead atoms. The summed E-state index contributed by atoms with van der Waals surface area (Å²) in [7, 11) is 0. The molecule has 1 heterocycles. The monoisotopic (exact) mass is 285 g/mol. The van der Waals surface area contributed by atoms with Crippen molar-refractivity contribution < 1.29 is 0 Å². The van der Waals surface area contributed by atoms with E-state index in [-0.39, 0.29) is 0 Å². The van der Waals surface area contributed by atoms with Gasteiger partial charge in [0.25, 0.3) is 0 Å². The van der Waals surface area contributed by atoms with Gasteiger partial charge in [0.1, 0.15) is 11.6 Å². The minimum Gasteiger partial charge on any atom is -0.383 e. The van der Waals surface area contributed by atoms with Crippen LogP contribution in [0.3, 0.4) is 0 Å². The lowest BCUT2D eigenvalue weighted by Gasteiger charge is -2.03. The Bertz CT molecular complexity index is 623. The molecular weight excluding hydrogens is 270 g/mol. The Morgan fingerprint density at radius 1 is 1.05 bits per heavy atom. The van der Waals surface area contributed by atoms with Gasteiger partial charge in [-0.1, -0.05) is 35.7 Å². The Balaban J connectivity index is 2.00. The van der Waals surface area contributed by atoms with Gasteiger partial charge in [-0.15, -0.1) is 0 Å². The third kappa shape index (κ3) is 4.16. The van der Waals surface area contributed by atoms with Crippen molar-refractivity contribution >= 4 is 23.4 Å². The van der Waals surface area contributed by atoms with Gasteiger partial charge in [0.05, 0.1) is 6.54 Å². The van der Waals surface area contributed by atoms with Gasteiger partial charge < -0.3 is 17.2 Å². The van der Waals surface area contributed by atoms with Gasteiger partial charge >= 0.3 is 0 Å². The molecule has 20 heavy (non-hydrogen) atoms. The van der Waals surface area contributed by atoms with Gasteiger partial charge in [-0.05, 0) is 17.7 Å². The second kappa shape index (κ2) is 6.80. The zero-order valence-electron chi connectivity index (χ0n) is 10.8. The lowest BCUT2D eigenvalue weighted by molar-refractivity contribution is 0.984. The molecule has 0 unspecified atom stereocenters. The number of aromatic nitrogens is 2. The SMILES string of the molecule is NCC#Cc1ccc(CSc2nc(N)cc(N)n2)cc1. The van der Waals surface area contributed by atoms with Gasteiger partial charge in [0.2, 0.25) is 0 Å². The van der Waals surface area contributed by atoms with Crippen LogP contribution in [-0.4, -0.2) is 16.5 Å². The largest absolute Gasteiger partial charge is 0.383 e. The lowest BCUT2D eigenvalue weighted by atomic mass is 10.1. The number of benzene rings is 1. The maximum atomic E-state index is 5.62. The Morgan fingerprint density at radius 3 is 2.30 bits per heavy atom. The standard InChI is InChI=1S/C14H15N5S/c15-7-1-2-10-3-5-11(6-4-10)9-20-14-18-12(16)8-13(17)19-14/h3-6,8H,7,9,15H2,(H4,16,17,18,19). The summed E-state index contributed by atoms with van der Waals surface area (Å²) >= 11 is 1.49. The van der Waals surface area contributed by atoms with Gasteiger partial charge in [0, 0.05) is 17.4 Å². The number of nitrogens with two attached hydrogens (primary N) is 3. The Labute approximate surface area is 122 Å². The van der Waals surface area contributed by atoms with Crippen molar-refractivity contribution in [3.05, 3.63) is 41.5 Å². The van der Waals surface area contributed by atoms with Crippen molar-refractivity contribution in [2.75, 3.05) is 18.0 Å². The number of hydrogen-bond acceptors (Lipinski definition) is 6. The summed E-state index contributed by atoms with van der Waals surface area (Å²) in [5.41, 5.74) is 18.7. The second-order valence-corrected chi connectivity index (χ2v) is 4.93. The van der Waals surface area contributed by atoms with E-state index in [0.717, 1.165) is 16.9 Å². The van der Waals surface area contributed by atoms with Crippen LogP contribution >= 0.6 is 11.8 Å². The molecule has 6 heteroatoms. The second-order valence-electron chi connectivity index (χ2n) is 3.99. The molecule has 0 aliphatic rings. The molecule has 0 spiro atoms. The van der Waals surface area contributed by atoms with Crippen molar-refractivity contribution in [2.45, 2.75) is 10.9 Å². The molecular formula is C14H15N5S. The normalized spacial score (nSPS) is 9.85. The number of thioether (sulfide) groups is 1. The zero-order chi connectivity index (χ0) is 14.4. The zero-order valence-corrected chi connectivity index (χ0v) is 11.7. The Kier molecular flexibility index (Phi) is 4.82. The van der Waals surface area contributed by atoms with E-state index in [1.807, 2.05) is 24.3 Å². The summed E-state index contributed by atoms with van der Waals surface area (Å²) < 4.78 is 0. The number of hydrogen-bond donors (Lipinski definition) is 3. The average molecular weight is 285 g/mol. The van der Waals surface area contributed by atoms with Crippen LogP contribution in [0, 0.1) is 11.8 Å². The predicted molar refractivity (Wildman–Crippen MR) is 82.8 cm³/mol. The molecule has 102 valence electrons. The van der Waals surface area contributed by atoms with Gasteiger partial charge in [-0.2, -0.15) is 0 Å². The first-order chi connectivity index (χ1) is 9.67. The first-order valence-corrected chi connectivity index (χ1v) is 6.96. The van der Waals surface area contributed by atoms with Crippen LogP contribution in [0.2, 0.25) is 0 Å². The third-order valence-corrected chi connectivity index (χ3v) is 3.32. The van der Waals surface area contributed by atoms with E-state index in [4.69, 9.17) is 17.2 Å². The van der Waals surface area contributed by atoms with E-state index >= 15 is 0 Å². The van der Waals surface area contributed by atoms with E-state index in [0.29, 0.717) is 23.3 Å². The van der Waals surface area contributed by atoms with E-state index < -0.39 is 0 Å². The van der Waals surface area contributed by atoms with Crippen LogP contribution in [0.15, 0.2) is 35.5 Å². The minimum atomic E-state index is 0.367. The molecule has 2 aromatic rings. The molecule has 0 amide bonds. The van der Waals surface area contributed by atoms with E-state index in [2.05, 4.69) is 21.8 Å². The molecule has 0 atom stereocenters. The number of nitrogens with zero attached hydrogens (tertiary/aromatic N) is 2. The summed E-state index contributed by atoms with van der Waals surface area (Å²) in [5, 5.41) is 0.578. The highest BCUT2D eigenvalue weighted by Gasteiger charge is 2.02. The molecule has 0 aliphatic heterocycles. The molecule has 0 aliphatic carbocycles. The molecule has 0 saturated heterocycles. The van der Waals surface area contributed by atoms with Crippen LogP contribution in [0.1, 0.15) is 11.1 Å². The maximum absolute atomic E-state index is 5.62. The molecule has 5 nitrogen and oxygen atoms in total. The molecule has 2 rings (SSSR count). The summed E-state index contributed by atoms with van der Waals surface area (Å²) in [6.45, 7) is 0.367. The lowest BCUT2D eigenvalue weighted by Crippen LogP contribution is -1.99. The number of rotatable bonds is 3. The van der Waals surface area contributed by atoms with Crippen LogP contribution in [0.4, 0.5) is 11.6 Å². The summed E-state index contributed by atoms with van der Waals surface area (Å²) in [4.78, 5) is 8.24. The summed E-state index contributed by atoms with van der Waals surface area (Å²) in [6.07, 6.45) is 0. The van der Waals surface area contributed by atoms with Crippen molar-refractivity contribution in [3.63, 3.8) is 0 Å². The number of anilines is 2. The molecule has 1 aromatic carbocycles. The fraction of sp³-hybridized carbons (Fsp3) is 0.143. The molecule has 0 saturated carbocycles. The predicted octanol–water partition coefficient (Wildman–Crippen LogP) is 1.24. The third-order valence-electron chi connectivity index (χ3n) is 2.40. The Morgan fingerprint density at radius 2 is 1.70 bits per heavy atom. The fourth-order valence-electron chi connectivity index (χ4n) is 1.51. The highest BCUT2D eigenvalue weighted by atomic mass is 32.2. The highest BCUT2D eigenvalue weighted by molar-refractivity contribution is 7.98. The highest BCUT2D eigenvalue weighted by Crippen LogP contribution is 2.21. The summed E-state index contributed by atoms with van der Waals surface area (Å²) in [5.74, 6) is 7.31. The van der Waals surface area contributed by atoms with Crippen molar-refractivity contribution in [1.82, 2.24) is 9.97 Å². The van der Waals surface area contributed by atoms with Crippen LogP contribution < -0.4 is 17.2 Å².